The normalized spacial score (nSPS) is 10.9. The molecule has 2 aromatic carbocycles. The van der Waals surface area contributed by atoms with Crippen LogP contribution >= 0.6 is 11.6 Å². The van der Waals surface area contributed by atoms with Gasteiger partial charge < -0.3 is 10.1 Å². The number of H-pyrrole nitrogens is 1. The predicted molar refractivity (Wildman–Crippen MR) is 78.2 cm³/mol. The smallest absolute Gasteiger partial charge is 0.337 e. The van der Waals surface area contributed by atoms with E-state index in [1.165, 1.54) is 6.33 Å². The number of nitrogens with zero attached hydrogens (tertiary/aromatic N) is 1. The summed E-state index contributed by atoms with van der Waals surface area (Å²) < 4.78 is 0. The van der Waals surface area contributed by atoms with Gasteiger partial charge in [-0.3, -0.25) is 0 Å². The Morgan fingerprint density at radius 1 is 1.30 bits per heavy atom. The lowest BCUT2D eigenvalue weighted by Gasteiger charge is -2.07. The van der Waals surface area contributed by atoms with E-state index in [9.17, 15) is 9.90 Å². The molecule has 2 N–H and O–H groups in total. The summed E-state index contributed by atoms with van der Waals surface area (Å²) in [7, 11) is 0. The number of aromatic amines is 1. The van der Waals surface area contributed by atoms with Gasteiger partial charge in [-0.15, -0.1) is 0 Å². The number of halogens is 1. The maximum Gasteiger partial charge on any atom is 0.337 e. The number of benzene rings is 2. The summed E-state index contributed by atoms with van der Waals surface area (Å²) in [6.45, 7) is 1.95. The minimum absolute atomic E-state index is 0.162. The summed E-state index contributed by atoms with van der Waals surface area (Å²) in [4.78, 5) is 18.3. The average molecular weight is 287 g/mol. The van der Waals surface area contributed by atoms with Crippen LogP contribution in [0, 0.1) is 6.92 Å². The second-order valence-electron chi connectivity index (χ2n) is 4.61. The van der Waals surface area contributed by atoms with Crippen LogP contribution in [-0.4, -0.2) is 21.0 Å². The van der Waals surface area contributed by atoms with E-state index in [0.717, 1.165) is 16.7 Å². The minimum Gasteiger partial charge on any atom is -0.478 e. The number of aromatic carboxylic acids is 1. The third-order valence-corrected chi connectivity index (χ3v) is 3.50. The van der Waals surface area contributed by atoms with Crippen LogP contribution in [0.3, 0.4) is 0 Å². The molecule has 0 saturated carbocycles. The highest BCUT2D eigenvalue weighted by Gasteiger charge is 2.14. The van der Waals surface area contributed by atoms with Crippen LogP contribution in [-0.2, 0) is 0 Å². The molecule has 0 radical (unpaired) electrons. The first-order valence-corrected chi connectivity index (χ1v) is 6.41. The molecule has 0 spiro atoms. The molecule has 0 unspecified atom stereocenters. The monoisotopic (exact) mass is 286 g/mol. The molecule has 4 nitrogen and oxygen atoms in total. The molecule has 0 amide bonds. The molecule has 0 aliphatic carbocycles. The lowest BCUT2D eigenvalue weighted by Crippen LogP contribution is -1.98. The molecule has 1 heterocycles. The topological polar surface area (TPSA) is 66.0 Å². The molecule has 0 saturated heterocycles. The highest BCUT2D eigenvalue weighted by Crippen LogP contribution is 2.31. The van der Waals surface area contributed by atoms with Gasteiger partial charge in [0.15, 0.2) is 0 Å². The van der Waals surface area contributed by atoms with Crippen LogP contribution in [0.25, 0.3) is 22.2 Å². The number of aryl methyl sites for hydroxylation is 1. The molecule has 1 aromatic heterocycles. The average Bonchev–Trinajstić information content (AvgIpc) is 2.85. The van der Waals surface area contributed by atoms with Gasteiger partial charge in [0.25, 0.3) is 0 Å². The zero-order chi connectivity index (χ0) is 14.3. The van der Waals surface area contributed by atoms with Crippen molar-refractivity contribution in [3.05, 3.63) is 52.8 Å². The summed E-state index contributed by atoms with van der Waals surface area (Å²) in [5.41, 5.74) is 3.90. The number of carbonyl (C=O) groups is 1. The van der Waals surface area contributed by atoms with Crippen LogP contribution in [0.4, 0.5) is 0 Å². The fourth-order valence-electron chi connectivity index (χ4n) is 2.22. The lowest BCUT2D eigenvalue weighted by molar-refractivity contribution is 0.0699. The Bertz CT molecular complexity index is 824. The van der Waals surface area contributed by atoms with E-state index in [4.69, 9.17) is 11.6 Å². The second kappa shape index (κ2) is 4.65. The first kappa shape index (κ1) is 12.7. The fourth-order valence-corrected chi connectivity index (χ4v) is 2.57. The van der Waals surface area contributed by atoms with Gasteiger partial charge in [-0.1, -0.05) is 23.7 Å². The Balaban J connectivity index is 2.28. The van der Waals surface area contributed by atoms with Crippen molar-refractivity contribution in [2.24, 2.45) is 0 Å². The van der Waals surface area contributed by atoms with Crippen molar-refractivity contribution in [2.75, 3.05) is 0 Å². The van der Waals surface area contributed by atoms with Crippen LogP contribution in [0.1, 0.15) is 15.9 Å². The molecule has 20 heavy (non-hydrogen) atoms. The summed E-state index contributed by atoms with van der Waals surface area (Å²) in [6, 6.07) is 9.14. The highest BCUT2D eigenvalue weighted by atomic mass is 35.5. The number of hydrogen-bond acceptors (Lipinski definition) is 2. The number of carboxylic acid groups (broad SMARTS) is 1. The molecule has 0 atom stereocenters. The molecule has 0 aliphatic heterocycles. The third kappa shape index (κ3) is 2.04. The number of aromatic nitrogens is 2. The molecular weight excluding hydrogens is 276 g/mol. The van der Waals surface area contributed by atoms with Gasteiger partial charge in [0.05, 0.1) is 17.4 Å². The van der Waals surface area contributed by atoms with Crippen molar-refractivity contribution in [2.45, 2.75) is 6.92 Å². The first-order valence-electron chi connectivity index (χ1n) is 6.03. The van der Waals surface area contributed by atoms with Crippen molar-refractivity contribution in [1.29, 1.82) is 0 Å². The third-order valence-electron chi connectivity index (χ3n) is 3.19. The number of rotatable bonds is 2. The fraction of sp³-hybridized carbons (Fsp3) is 0.0667. The van der Waals surface area contributed by atoms with E-state index in [2.05, 4.69) is 9.97 Å². The van der Waals surface area contributed by atoms with Crippen LogP contribution in [0.15, 0.2) is 36.7 Å². The zero-order valence-electron chi connectivity index (χ0n) is 10.6. The molecule has 0 fully saturated rings. The Morgan fingerprint density at radius 3 is 2.80 bits per heavy atom. The van der Waals surface area contributed by atoms with Gasteiger partial charge in [0, 0.05) is 10.6 Å². The number of carboxylic acids is 1. The summed E-state index contributed by atoms with van der Waals surface area (Å²) >= 11 is 6.25. The maximum atomic E-state index is 11.3. The Hall–Kier alpha value is -2.33. The van der Waals surface area contributed by atoms with Gasteiger partial charge in [-0.25, -0.2) is 9.78 Å². The number of nitrogens with one attached hydrogen (secondary N) is 1. The van der Waals surface area contributed by atoms with Crippen molar-refractivity contribution in [3.8, 4) is 11.1 Å². The standard InChI is InChI=1S/C15H11ClN2O2/c1-8-2-3-10(12(16)4-8)9-5-11(15(19)20)14-13(6-9)17-7-18-14/h2-7H,1H3,(H,17,18)(H,19,20). The lowest BCUT2D eigenvalue weighted by atomic mass is 10.0. The molecule has 0 bridgehead atoms. The quantitative estimate of drug-likeness (QED) is 0.751. The van der Waals surface area contributed by atoms with Crippen molar-refractivity contribution < 1.29 is 9.90 Å². The van der Waals surface area contributed by atoms with Crippen molar-refractivity contribution in [3.63, 3.8) is 0 Å². The maximum absolute atomic E-state index is 11.3. The predicted octanol–water partition coefficient (Wildman–Crippen LogP) is 3.89. The van der Waals surface area contributed by atoms with E-state index < -0.39 is 5.97 Å². The summed E-state index contributed by atoms with van der Waals surface area (Å²) in [5.74, 6) is -1.01. The minimum atomic E-state index is -1.01. The van der Waals surface area contributed by atoms with Gasteiger partial charge in [0.1, 0.15) is 5.52 Å². The first-order chi connectivity index (χ1) is 9.56. The van der Waals surface area contributed by atoms with Crippen molar-refractivity contribution >= 4 is 28.6 Å². The largest absolute Gasteiger partial charge is 0.478 e. The van der Waals surface area contributed by atoms with E-state index >= 15 is 0 Å². The molecule has 5 heteroatoms. The van der Waals surface area contributed by atoms with Gasteiger partial charge in [0.2, 0.25) is 0 Å². The van der Waals surface area contributed by atoms with E-state index in [-0.39, 0.29) is 5.56 Å². The Labute approximate surface area is 120 Å². The summed E-state index contributed by atoms with van der Waals surface area (Å²) in [5, 5.41) is 9.90. The van der Waals surface area contributed by atoms with E-state index in [1.54, 1.807) is 6.07 Å². The van der Waals surface area contributed by atoms with Crippen LogP contribution in [0.5, 0.6) is 0 Å². The molecule has 3 aromatic rings. The zero-order valence-corrected chi connectivity index (χ0v) is 11.4. The molecule has 3 rings (SSSR count). The van der Waals surface area contributed by atoms with E-state index in [0.29, 0.717) is 16.1 Å². The Kier molecular flexibility index (Phi) is 2.95. The van der Waals surface area contributed by atoms with Crippen molar-refractivity contribution in [1.82, 2.24) is 9.97 Å². The molecular formula is C15H11ClN2O2. The molecule has 100 valence electrons. The van der Waals surface area contributed by atoms with Crippen LogP contribution in [0.2, 0.25) is 5.02 Å². The summed E-state index contributed by atoms with van der Waals surface area (Å²) in [6.07, 6.45) is 1.48. The second-order valence-corrected chi connectivity index (χ2v) is 5.02. The van der Waals surface area contributed by atoms with Crippen LogP contribution < -0.4 is 0 Å². The van der Waals surface area contributed by atoms with Gasteiger partial charge >= 0.3 is 5.97 Å². The Morgan fingerprint density at radius 2 is 2.10 bits per heavy atom. The number of hydrogen-bond donors (Lipinski definition) is 2. The SMILES string of the molecule is Cc1ccc(-c2cc(C(=O)O)c3nc[nH]c3c2)c(Cl)c1. The highest BCUT2D eigenvalue weighted by molar-refractivity contribution is 6.33. The molecule has 0 aliphatic rings. The number of fused-ring (bicyclic) bond motifs is 1. The van der Waals surface area contributed by atoms with Gasteiger partial charge in [-0.05, 0) is 36.2 Å². The number of imidazole rings is 1. The van der Waals surface area contributed by atoms with E-state index in [1.807, 2.05) is 31.2 Å². The van der Waals surface area contributed by atoms with Gasteiger partial charge in [-0.2, -0.15) is 0 Å².